The molecule has 0 fully saturated rings. The average Bonchev–Trinajstić information content (AvgIpc) is 3.03. The van der Waals surface area contributed by atoms with E-state index in [9.17, 15) is 4.39 Å². The van der Waals surface area contributed by atoms with Crippen LogP contribution in [0, 0.1) is 12.7 Å². The molecule has 1 aromatic heterocycles. The van der Waals surface area contributed by atoms with Crippen molar-refractivity contribution in [1.82, 2.24) is 4.98 Å². The van der Waals surface area contributed by atoms with Gasteiger partial charge in [0.25, 0.3) is 0 Å². The fourth-order valence-electron chi connectivity index (χ4n) is 2.18. The second-order valence-electron chi connectivity index (χ2n) is 4.89. The molecule has 21 heavy (non-hydrogen) atoms. The van der Waals surface area contributed by atoms with E-state index in [4.69, 9.17) is 4.42 Å². The largest absolute Gasteiger partial charge is 0.444 e. The maximum absolute atomic E-state index is 13.7. The monoisotopic (exact) mass is 282 g/mol. The summed E-state index contributed by atoms with van der Waals surface area (Å²) in [7, 11) is 0. The van der Waals surface area contributed by atoms with Crippen LogP contribution < -0.4 is 5.32 Å². The lowest BCUT2D eigenvalue weighted by atomic mass is 10.1. The number of anilines is 1. The highest BCUT2D eigenvalue weighted by Crippen LogP contribution is 2.22. The highest BCUT2D eigenvalue weighted by atomic mass is 19.1. The van der Waals surface area contributed by atoms with E-state index in [2.05, 4.69) is 10.3 Å². The van der Waals surface area contributed by atoms with Crippen molar-refractivity contribution in [1.29, 1.82) is 0 Å². The molecule has 0 spiro atoms. The lowest BCUT2D eigenvalue weighted by molar-refractivity contribution is 0.572. The maximum Gasteiger partial charge on any atom is 0.181 e. The first-order valence-electron chi connectivity index (χ1n) is 6.70. The first-order chi connectivity index (χ1) is 10.2. The topological polar surface area (TPSA) is 38.1 Å². The van der Waals surface area contributed by atoms with Crippen molar-refractivity contribution in [3.05, 3.63) is 72.0 Å². The maximum atomic E-state index is 13.7. The number of benzene rings is 2. The summed E-state index contributed by atoms with van der Waals surface area (Å²) in [6.07, 6.45) is 3.07. The van der Waals surface area contributed by atoms with Crippen LogP contribution >= 0.6 is 0 Å². The summed E-state index contributed by atoms with van der Waals surface area (Å²) in [5, 5.41) is 3.23. The van der Waals surface area contributed by atoms with Gasteiger partial charge in [0.2, 0.25) is 0 Å². The van der Waals surface area contributed by atoms with Crippen molar-refractivity contribution in [3.63, 3.8) is 0 Å². The Morgan fingerprint density at radius 1 is 1.19 bits per heavy atom. The normalized spacial score (nSPS) is 10.6. The molecule has 106 valence electrons. The third kappa shape index (κ3) is 3.11. The summed E-state index contributed by atoms with van der Waals surface area (Å²) in [6, 6.07) is 12.9. The Bertz CT molecular complexity index is 738. The number of nitrogens with one attached hydrogen (secondary N) is 1. The van der Waals surface area contributed by atoms with E-state index in [1.807, 2.05) is 37.3 Å². The van der Waals surface area contributed by atoms with E-state index in [-0.39, 0.29) is 5.82 Å². The number of aromatic nitrogens is 1. The summed E-state index contributed by atoms with van der Waals surface area (Å²) >= 11 is 0. The third-order valence-electron chi connectivity index (χ3n) is 3.26. The van der Waals surface area contributed by atoms with Gasteiger partial charge < -0.3 is 9.73 Å². The van der Waals surface area contributed by atoms with Gasteiger partial charge in [-0.25, -0.2) is 9.37 Å². The molecule has 0 bridgehead atoms. The predicted octanol–water partition coefficient (Wildman–Crippen LogP) is 4.40. The number of oxazole rings is 1. The van der Waals surface area contributed by atoms with Gasteiger partial charge in [0.1, 0.15) is 5.82 Å². The number of nitrogens with zero attached hydrogens (tertiary/aromatic N) is 1. The second kappa shape index (κ2) is 5.79. The minimum absolute atomic E-state index is 0.195. The number of halogens is 1. The number of aryl methyl sites for hydroxylation is 1. The Balaban J connectivity index is 1.76. The first-order valence-corrected chi connectivity index (χ1v) is 6.70. The van der Waals surface area contributed by atoms with Crippen LogP contribution in [-0.4, -0.2) is 4.98 Å². The van der Waals surface area contributed by atoms with Crippen LogP contribution in [0.1, 0.15) is 11.1 Å². The van der Waals surface area contributed by atoms with E-state index < -0.39 is 0 Å². The van der Waals surface area contributed by atoms with Crippen molar-refractivity contribution in [3.8, 4) is 11.3 Å². The molecule has 1 heterocycles. The number of hydrogen-bond donors (Lipinski definition) is 1. The van der Waals surface area contributed by atoms with Crippen LogP contribution in [-0.2, 0) is 6.54 Å². The SMILES string of the molecule is Cc1ccc(F)c(CNc2cccc(-c3cnco3)c2)c1. The van der Waals surface area contributed by atoms with Crippen LogP contribution in [0.25, 0.3) is 11.3 Å². The quantitative estimate of drug-likeness (QED) is 0.770. The lowest BCUT2D eigenvalue weighted by Gasteiger charge is -2.09. The molecule has 0 aliphatic heterocycles. The highest BCUT2D eigenvalue weighted by molar-refractivity contribution is 5.63. The fourth-order valence-corrected chi connectivity index (χ4v) is 2.18. The van der Waals surface area contributed by atoms with Gasteiger partial charge in [-0.2, -0.15) is 0 Å². The standard InChI is InChI=1S/C17H15FN2O/c1-12-5-6-16(18)14(7-12)9-20-15-4-2-3-13(8-15)17-10-19-11-21-17/h2-8,10-11,20H,9H2,1H3. The average molecular weight is 282 g/mol. The van der Waals surface area contributed by atoms with E-state index >= 15 is 0 Å². The molecule has 3 nitrogen and oxygen atoms in total. The highest BCUT2D eigenvalue weighted by Gasteiger charge is 2.04. The van der Waals surface area contributed by atoms with E-state index in [0.29, 0.717) is 17.9 Å². The van der Waals surface area contributed by atoms with E-state index in [0.717, 1.165) is 16.8 Å². The van der Waals surface area contributed by atoms with Crippen LogP contribution in [0.4, 0.5) is 10.1 Å². The fraction of sp³-hybridized carbons (Fsp3) is 0.118. The molecule has 0 aliphatic rings. The summed E-state index contributed by atoms with van der Waals surface area (Å²) in [4.78, 5) is 3.91. The van der Waals surface area contributed by atoms with Gasteiger partial charge in [-0.15, -0.1) is 0 Å². The molecule has 0 amide bonds. The third-order valence-corrected chi connectivity index (χ3v) is 3.26. The molecule has 4 heteroatoms. The molecule has 1 N–H and O–H groups in total. The van der Waals surface area contributed by atoms with Crippen molar-refractivity contribution >= 4 is 5.69 Å². The number of hydrogen-bond acceptors (Lipinski definition) is 3. The van der Waals surface area contributed by atoms with Gasteiger partial charge in [0.15, 0.2) is 12.2 Å². The Hall–Kier alpha value is -2.62. The number of rotatable bonds is 4. The van der Waals surface area contributed by atoms with Crippen LogP contribution in [0.5, 0.6) is 0 Å². The van der Waals surface area contributed by atoms with Gasteiger partial charge >= 0.3 is 0 Å². The van der Waals surface area contributed by atoms with Crippen LogP contribution in [0.3, 0.4) is 0 Å². The zero-order valence-electron chi connectivity index (χ0n) is 11.6. The van der Waals surface area contributed by atoms with Gasteiger partial charge in [0, 0.05) is 23.4 Å². The Kier molecular flexibility index (Phi) is 3.69. The Morgan fingerprint density at radius 3 is 2.90 bits per heavy atom. The van der Waals surface area contributed by atoms with Gasteiger partial charge in [-0.1, -0.05) is 29.8 Å². The molecular weight excluding hydrogens is 267 g/mol. The Morgan fingerprint density at radius 2 is 2.10 bits per heavy atom. The van der Waals surface area contributed by atoms with Crippen LogP contribution in [0.15, 0.2) is 59.5 Å². The van der Waals surface area contributed by atoms with E-state index in [1.165, 1.54) is 12.5 Å². The van der Waals surface area contributed by atoms with Crippen molar-refractivity contribution in [2.24, 2.45) is 0 Å². The first kappa shape index (κ1) is 13.4. The molecule has 0 saturated carbocycles. The van der Waals surface area contributed by atoms with E-state index in [1.54, 1.807) is 12.3 Å². The van der Waals surface area contributed by atoms with Crippen LogP contribution in [0.2, 0.25) is 0 Å². The minimum atomic E-state index is -0.195. The van der Waals surface area contributed by atoms with Crippen molar-refractivity contribution in [2.75, 3.05) is 5.32 Å². The molecule has 0 unspecified atom stereocenters. The molecule has 0 radical (unpaired) electrons. The molecule has 3 rings (SSSR count). The molecule has 0 atom stereocenters. The summed E-state index contributed by atoms with van der Waals surface area (Å²) in [5.74, 6) is 0.514. The zero-order valence-corrected chi connectivity index (χ0v) is 11.6. The second-order valence-corrected chi connectivity index (χ2v) is 4.89. The predicted molar refractivity (Wildman–Crippen MR) is 80.4 cm³/mol. The molecule has 0 saturated heterocycles. The lowest BCUT2D eigenvalue weighted by Crippen LogP contribution is -2.02. The molecule has 3 aromatic rings. The summed E-state index contributed by atoms with van der Waals surface area (Å²) < 4.78 is 19.0. The summed E-state index contributed by atoms with van der Waals surface area (Å²) in [6.45, 7) is 2.39. The van der Waals surface area contributed by atoms with Gasteiger partial charge in [-0.3, -0.25) is 0 Å². The van der Waals surface area contributed by atoms with Crippen molar-refractivity contribution < 1.29 is 8.81 Å². The zero-order chi connectivity index (χ0) is 14.7. The molecule has 2 aromatic carbocycles. The van der Waals surface area contributed by atoms with Gasteiger partial charge in [0.05, 0.1) is 6.20 Å². The van der Waals surface area contributed by atoms with Gasteiger partial charge in [-0.05, 0) is 25.1 Å². The molecule has 0 aliphatic carbocycles. The van der Waals surface area contributed by atoms with Crippen molar-refractivity contribution in [2.45, 2.75) is 13.5 Å². The molecular formula is C17H15FN2O. The smallest absolute Gasteiger partial charge is 0.181 e. The summed E-state index contributed by atoms with van der Waals surface area (Å²) in [5.41, 5.74) is 3.54. The Labute approximate surface area is 122 Å². The minimum Gasteiger partial charge on any atom is -0.444 e.